The molecular weight excluding hydrogens is 444 g/mol. The van der Waals surface area contributed by atoms with Gasteiger partial charge in [-0.2, -0.15) is 0 Å². The van der Waals surface area contributed by atoms with Crippen LogP contribution in [0.5, 0.6) is 5.75 Å². The third kappa shape index (κ3) is 5.16. The molecule has 0 fully saturated rings. The summed E-state index contributed by atoms with van der Waals surface area (Å²) in [4.78, 5) is 24.3. The Morgan fingerprint density at radius 2 is 1.74 bits per heavy atom. The van der Waals surface area contributed by atoms with Crippen LogP contribution in [0.2, 0.25) is 0 Å². The molecule has 8 heteroatoms. The summed E-state index contributed by atoms with van der Waals surface area (Å²) in [6, 6.07) is 22.4. The number of benzene rings is 2. The van der Waals surface area contributed by atoms with Crippen LogP contribution in [-0.4, -0.2) is 29.5 Å². The van der Waals surface area contributed by atoms with E-state index in [1.165, 1.54) is 0 Å². The first-order valence-electron chi connectivity index (χ1n) is 11.2. The van der Waals surface area contributed by atoms with Crippen LogP contribution in [-0.2, 0) is 11.3 Å². The van der Waals surface area contributed by atoms with Crippen LogP contribution in [0.25, 0.3) is 22.5 Å². The largest absolute Gasteiger partial charge is 0.497 e. The second-order valence-corrected chi connectivity index (χ2v) is 7.89. The van der Waals surface area contributed by atoms with E-state index >= 15 is 0 Å². The highest BCUT2D eigenvalue weighted by Crippen LogP contribution is 2.29. The lowest BCUT2D eigenvalue weighted by molar-refractivity contribution is -0.116. The minimum atomic E-state index is -0.107. The molecule has 0 aliphatic carbocycles. The van der Waals surface area contributed by atoms with Crippen molar-refractivity contribution in [2.24, 2.45) is 0 Å². The quantitative estimate of drug-likeness (QED) is 0.304. The third-order valence-corrected chi connectivity index (χ3v) is 5.53. The lowest BCUT2D eigenvalue weighted by Gasteiger charge is -2.24. The van der Waals surface area contributed by atoms with Crippen molar-refractivity contribution in [2.75, 3.05) is 23.9 Å². The van der Waals surface area contributed by atoms with Gasteiger partial charge in [0.2, 0.25) is 5.91 Å². The zero-order valence-corrected chi connectivity index (χ0v) is 19.2. The number of rotatable bonds is 9. The van der Waals surface area contributed by atoms with Gasteiger partial charge >= 0.3 is 0 Å². The first kappa shape index (κ1) is 22.2. The van der Waals surface area contributed by atoms with Gasteiger partial charge in [0.25, 0.3) is 0 Å². The van der Waals surface area contributed by atoms with Crippen LogP contribution in [0.4, 0.5) is 11.5 Å². The van der Waals surface area contributed by atoms with Gasteiger partial charge in [0.15, 0.2) is 11.6 Å². The molecule has 0 aliphatic heterocycles. The average molecular weight is 469 g/mol. The number of hydrogen-bond donors (Lipinski definition) is 1. The zero-order valence-electron chi connectivity index (χ0n) is 19.2. The molecule has 2 aromatic carbocycles. The highest BCUT2D eigenvalue weighted by molar-refractivity contribution is 5.93. The van der Waals surface area contributed by atoms with Gasteiger partial charge in [-0.1, -0.05) is 12.1 Å². The average Bonchev–Trinajstić information content (AvgIpc) is 3.61. The summed E-state index contributed by atoms with van der Waals surface area (Å²) in [6.45, 7) is 0.864. The number of ether oxygens (including phenoxy) is 1. The molecule has 0 aliphatic rings. The van der Waals surface area contributed by atoms with Gasteiger partial charge in [-0.05, 0) is 60.7 Å². The Balaban J connectivity index is 1.43. The van der Waals surface area contributed by atoms with Gasteiger partial charge in [0.1, 0.15) is 17.3 Å². The number of carbonyl (C=O) groups is 1. The number of methoxy groups -OCH3 is 1. The standard InChI is InChI=1S/C27H24N4O4/c1-33-20-12-10-19(11-13-20)28-25(32)14-15-31(18-21-6-4-16-34-21)27-22-7-2-3-8-23(22)29-26(30-27)24-9-5-17-35-24/h2-13,16-17H,14-15,18H2,1H3,(H,28,32). The Hall–Kier alpha value is -4.59. The normalized spacial score (nSPS) is 10.9. The van der Waals surface area contributed by atoms with E-state index in [0.29, 0.717) is 36.2 Å². The van der Waals surface area contributed by atoms with Crippen molar-refractivity contribution in [1.82, 2.24) is 9.97 Å². The van der Waals surface area contributed by atoms with Crippen molar-refractivity contribution in [1.29, 1.82) is 0 Å². The second-order valence-electron chi connectivity index (χ2n) is 7.89. The number of nitrogens with zero attached hydrogens (tertiary/aromatic N) is 3. The minimum Gasteiger partial charge on any atom is -0.497 e. The number of amides is 1. The monoisotopic (exact) mass is 468 g/mol. The number of furan rings is 2. The first-order valence-corrected chi connectivity index (χ1v) is 11.2. The number of hydrogen-bond acceptors (Lipinski definition) is 7. The van der Waals surface area contributed by atoms with Gasteiger partial charge in [-0.3, -0.25) is 4.79 Å². The Kier molecular flexibility index (Phi) is 6.43. The topological polar surface area (TPSA) is 93.6 Å². The molecular formula is C27H24N4O4. The van der Waals surface area contributed by atoms with Gasteiger partial charge in [0, 0.05) is 24.0 Å². The molecule has 0 radical (unpaired) electrons. The smallest absolute Gasteiger partial charge is 0.226 e. The molecule has 176 valence electrons. The molecule has 0 bridgehead atoms. The highest BCUT2D eigenvalue weighted by atomic mass is 16.5. The molecule has 3 aromatic heterocycles. The van der Waals surface area contributed by atoms with Crippen molar-refractivity contribution in [2.45, 2.75) is 13.0 Å². The van der Waals surface area contributed by atoms with Gasteiger partial charge in [0.05, 0.1) is 31.7 Å². The Bertz CT molecular complexity index is 1400. The molecule has 5 rings (SSSR count). The molecule has 0 unspecified atom stereocenters. The lowest BCUT2D eigenvalue weighted by Crippen LogP contribution is -2.28. The van der Waals surface area contributed by atoms with Crippen molar-refractivity contribution >= 4 is 28.3 Å². The summed E-state index contributed by atoms with van der Waals surface area (Å²) in [5.41, 5.74) is 1.50. The van der Waals surface area contributed by atoms with E-state index in [1.54, 1.807) is 25.7 Å². The number of carbonyl (C=O) groups excluding carboxylic acids is 1. The molecule has 0 atom stereocenters. The summed E-state index contributed by atoms with van der Waals surface area (Å²) in [6.07, 6.45) is 3.48. The van der Waals surface area contributed by atoms with Crippen LogP contribution >= 0.6 is 0 Å². The fourth-order valence-electron chi connectivity index (χ4n) is 3.80. The number of para-hydroxylation sites is 1. The fraction of sp³-hybridized carbons (Fsp3) is 0.148. The number of nitrogens with one attached hydrogen (secondary N) is 1. The molecule has 5 aromatic rings. The number of fused-ring (bicyclic) bond motifs is 1. The maximum atomic E-state index is 12.8. The predicted molar refractivity (Wildman–Crippen MR) is 133 cm³/mol. The maximum absolute atomic E-state index is 12.8. The highest BCUT2D eigenvalue weighted by Gasteiger charge is 2.19. The first-order chi connectivity index (χ1) is 17.2. The van der Waals surface area contributed by atoms with Crippen LogP contribution in [0.3, 0.4) is 0 Å². The zero-order chi connectivity index (χ0) is 24.0. The van der Waals surface area contributed by atoms with E-state index < -0.39 is 0 Å². The van der Waals surface area contributed by atoms with E-state index in [1.807, 2.05) is 71.6 Å². The van der Waals surface area contributed by atoms with Crippen LogP contribution < -0.4 is 15.0 Å². The van der Waals surface area contributed by atoms with E-state index in [9.17, 15) is 4.79 Å². The summed E-state index contributed by atoms with van der Waals surface area (Å²) < 4.78 is 16.3. The molecule has 0 spiro atoms. The van der Waals surface area contributed by atoms with Gasteiger partial charge < -0.3 is 23.8 Å². The Morgan fingerprint density at radius 1 is 0.943 bits per heavy atom. The summed E-state index contributed by atoms with van der Waals surface area (Å²) in [5, 5.41) is 3.82. The van der Waals surface area contributed by atoms with Crippen molar-refractivity contribution in [3.05, 3.63) is 91.1 Å². The molecule has 0 saturated heterocycles. The third-order valence-electron chi connectivity index (χ3n) is 5.53. The van der Waals surface area contributed by atoms with E-state index in [4.69, 9.17) is 18.6 Å². The Morgan fingerprint density at radius 3 is 2.49 bits per heavy atom. The van der Waals surface area contributed by atoms with Gasteiger partial charge in [-0.25, -0.2) is 9.97 Å². The summed E-state index contributed by atoms with van der Waals surface area (Å²) >= 11 is 0. The Labute approximate surface area is 202 Å². The second kappa shape index (κ2) is 10.1. The van der Waals surface area contributed by atoms with E-state index in [-0.39, 0.29) is 12.3 Å². The van der Waals surface area contributed by atoms with Gasteiger partial charge in [-0.15, -0.1) is 0 Å². The SMILES string of the molecule is COc1ccc(NC(=O)CCN(Cc2ccco2)c2nc(-c3ccco3)nc3ccccc23)cc1. The number of aromatic nitrogens is 2. The van der Waals surface area contributed by atoms with Crippen molar-refractivity contribution in [3.63, 3.8) is 0 Å². The number of anilines is 2. The molecule has 35 heavy (non-hydrogen) atoms. The predicted octanol–water partition coefficient (Wildman–Crippen LogP) is 5.53. The fourth-order valence-corrected chi connectivity index (χ4v) is 3.80. The van der Waals surface area contributed by atoms with Crippen molar-refractivity contribution < 1.29 is 18.4 Å². The van der Waals surface area contributed by atoms with Crippen LogP contribution in [0, 0.1) is 0 Å². The summed E-state index contributed by atoms with van der Waals surface area (Å²) in [5.74, 6) is 3.15. The van der Waals surface area contributed by atoms with Crippen LogP contribution in [0.15, 0.2) is 94.2 Å². The molecule has 1 N–H and O–H groups in total. The van der Waals surface area contributed by atoms with Crippen LogP contribution in [0.1, 0.15) is 12.2 Å². The minimum absolute atomic E-state index is 0.107. The lowest BCUT2D eigenvalue weighted by atomic mass is 10.2. The molecule has 1 amide bonds. The van der Waals surface area contributed by atoms with Crippen molar-refractivity contribution in [3.8, 4) is 17.3 Å². The van der Waals surface area contributed by atoms with E-state index in [0.717, 1.165) is 22.4 Å². The summed E-state index contributed by atoms with van der Waals surface area (Å²) in [7, 11) is 1.61. The molecule has 3 heterocycles. The van der Waals surface area contributed by atoms with E-state index in [2.05, 4.69) is 10.3 Å². The molecule has 8 nitrogen and oxygen atoms in total. The maximum Gasteiger partial charge on any atom is 0.226 e. The molecule has 0 saturated carbocycles.